The molecule has 0 unspecified atom stereocenters. The lowest BCUT2D eigenvalue weighted by molar-refractivity contribution is -0.131. The number of hydrogen-bond acceptors (Lipinski definition) is 3. The van der Waals surface area contributed by atoms with Crippen molar-refractivity contribution < 1.29 is 9.59 Å². The number of pyridine rings is 1. The molecule has 3 heterocycles. The Hall–Kier alpha value is -2.89. The predicted molar refractivity (Wildman–Crippen MR) is 125 cm³/mol. The van der Waals surface area contributed by atoms with Gasteiger partial charge in [-0.05, 0) is 36.0 Å². The number of benzene rings is 1. The van der Waals surface area contributed by atoms with Crippen molar-refractivity contribution in [2.45, 2.75) is 65.0 Å². The van der Waals surface area contributed by atoms with Crippen LogP contribution in [0.4, 0.5) is 0 Å². The molecule has 2 aliphatic heterocycles. The molecule has 2 aromatic rings. The number of rotatable bonds is 4. The summed E-state index contributed by atoms with van der Waals surface area (Å²) >= 11 is 0. The van der Waals surface area contributed by atoms with Gasteiger partial charge in [0.1, 0.15) is 5.56 Å². The van der Waals surface area contributed by atoms with E-state index in [0.29, 0.717) is 51.1 Å². The van der Waals surface area contributed by atoms with Gasteiger partial charge in [-0.15, -0.1) is 0 Å². The molecule has 0 saturated carbocycles. The Morgan fingerprint density at radius 2 is 1.59 bits per heavy atom. The summed E-state index contributed by atoms with van der Waals surface area (Å²) in [4.78, 5) is 43.3. The van der Waals surface area contributed by atoms with E-state index in [9.17, 15) is 14.4 Å². The first-order chi connectivity index (χ1) is 15.6. The summed E-state index contributed by atoms with van der Waals surface area (Å²) in [5, 5.41) is 0. The lowest BCUT2D eigenvalue weighted by Gasteiger charge is -2.32. The highest BCUT2D eigenvalue weighted by Gasteiger charge is 2.30. The van der Waals surface area contributed by atoms with Crippen LogP contribution in [0, 0.1) is 0 Å². The van der Waals surface area contributed by atoms with Crippen LogP contribution in [0.5, 0.6) is 0 Å². The molecule has 1 aromatic heterocycles. The smallest absolute Gasteiger partial charge is 0.264 e. The standard InChI is InChI=1S/C26H33N3O3/c1-2-23(30)28-16-13-22-21(18-28)19-29(17-20-11-7-6-8-12-20)26(32)24(22)25(31)27-14-9-4-3-5-10-15-27/h6-8,11-12,19H,2-5,9-10,13-18H2,1H3. The minimum absolute atomic E-state index is 0.105. The minimum atomic E-state index is -0.213. The number of aromatic nitrogens is 1. The third-order valence-electron chi connectivity index (χ3n) is 6.68. The van der Waals surface area contributed by atoms with E-state index < -0.39 is 0 Å². The lowest BCUT2D eigenvalue weighted by Crippen LogP contribution is -2.43. The monoisotopic (exact) mass is 435 g/mol. The maximum atomic E-state index is 13.7. The summed E-state index contributed by atoms with van der Waals surface area (Å²) in [6.07, 6.45) is 8.31. The first-order valence-corrected chi connectivity index (χ1v) is 11.9. The second kappa shape index (κ2) is 10.2. The number of hydrogen-bond donors (Lipinski definition) is 0. The van der Waals surface area contributed by atoms with E-state index in [1.54, 1.807) is 4.57 Å². The first kappa shape index (κ1) is 22.3. The fourth-order valence-corrected chi connectivity index (χ4v) is 4.87. The van der Waals surface area contributed by atoms with Gasteiger partial charge in [0.25, 0.3) is 11.5 Å². The number of carbonyl (C=O) groups is 2. The van der Waals surface area contributed by atoms with E-state index in [1.165, 1.54) is 6.42 Å². The van der Waals surface area contributed by atoms with Crippen LogP contribution in [-0.4, -0.2) is 45.8 Å². The third-order valence-corrected chi connectivity index (χ3v) is 6.68. The minimum Gasteiger partial charge on any atom is -0.338 e. The van der Waals surface area contributed by atoms with Gasteiger partial charge < -0.3 is 14.4 Å². The summed E-state index contributed by atoms with van der Waals surface area (Å²) in [5.74, 6) is -0.0288. The van der Waals surface area contributed by atoms with Gasteiger partial charge in [-0.25, -0.2) is 0 Å². The summed E-state index contributed by atoms with van der Waals surface area (Å²) in [6.45, 7) is 4.71. The Morgan fingerprint density at radius 3 is 2.28 bits per heavy atom. The van der Waals surface area contributed by atoms with Gasteiger partial charge in [-0.1, -0.05) is 56.5 Å². The molecular formula is C26H33N3O3. The SMILES string of the molecule is CCC(=O)N1CCc2c(cn(Cc3ccccc3)c(=O)c2C(=O)N2CCCCCCC2)C1. The molecule has 6 heteroatoms. The molecule has 170 valence electrons. The third kappa shape index (κ3) is 4.79. The van der Waals surface area contributed by atoms with Crippen LogP contribution in [0.25, 0.3) is 0 Å². The lowest BCUT2D eigenvalue weighted by atomic mass is 9.95. The van der Waals surface area contributed by atoms with E-state index in [1.807, 2.05) is 53.3 Å². The van der Waals surface area contributed by atoms with Crippen LogP contribution in [-0.2, 0) is 24.3 Å². The molecular weight excluding hydrogens is 402 g/mol. The van der Waals surface area contributed by atoms with E-state index in [0.717, 1.165) is 42.4 Å². The number of amides is 2. The highest BCUT2D eigenvalue weighted by Crippen LogP contribution is 2.23. The Labute approximate surface area is 189 Å². The number of carbonyl (C=O) groups excluding carboxylic acids is 2. The summed E-state index contributed by atoms with van der Waals surface area (Å²) < 4.78 is 1.66. The predicted octanol–water partition coefficient (Wildman–Crippen LogP) is 3.60. The van der Waals surface area contributed by atoms with Gasteiger partial charge in [0, 0.05) is 38.8 Å². The van der Waals surface area contributed by atoms with Crippen molar-refractivity contribution in [3.63, 3.8) is 0 Å². The van der Waals surface area contributed by atoms with E-state index in [4.69, 9.17) is 0 Å². The van der Waals surface area contributed by atoms with Crippen molar-refractivity contribution in [3.05, 3.63) is 69.1 Å². The molecule has 2 aliphatic rings. The van der Waals surface area contributed by atoms with Crippen LogP contribution in [0.1, 0.15) is 72.5 Å². The van der Waals surface area contributed by atoms with Crippen LogP contribution in [0.15, 0.2) is 41.3 Å². The van der Waals surface area contributed by atoms with E-state index >= 15 is 0 Å². The van der Waals surface area contributed by atoms with Crippen molar-refractivity contribution in [1.29, 1.82) is 0 Å². The molecule has 0 atom stereocenters. The molecule has 1 saturated heterocycles. The van der Waals surface area contributed by atoms with Crippen molar-refractivity contribution in [2.75, 3.05) is 19.6 Å². The molecule has 32 heavy (non-hydrogen) atoms. The molecule has 0 spiro atoms. The van der Waals surface area contributed by atoms with E-state index in [2.05, 4.69) is 0 Å². The maximum absolute atomic E-state index is 13.7. The normalized spacial score (nSPS) is 16.8. The Kier molecular flexibility index (Phi) is 7.08. The summed E-state index contributed by atoms with van der Waals surface area (Å²) in [5.41, 5.74) is 2.88. The van der Waals surface area contributed by atoms with Crippen molar-refractivity contribution >= 4 is 11.8 Å². The highest BCUT2D eigenvalue weighted by atomic mass is 16.2. The Balaban J connectivity index is 1.75. The molecule has 1 aromatic carbocycles. The van der Waals surface area contributed by atoms with Crippen LogP contribution >= 0.6 is 0 Å². The van der Waals surface area contributed by atoms with Gasteiger partial charge in [-0.3, -0.25) is 14.4 Å². The number of nitrogens with zero attached hydrogens (tertiary/aromatic N) is 3. The topological polar surface area (TPSA) is 62.6 Å². The molecule has 1 fully saturated rings. The summed E-state index contributed by atoms with van der Waals surface area (Å²) in [7, 11) is 0. The van der Waals surface area contributed by atoms with Gasteiger partial charge in [0.05, 0.1) is 6.54 Å². The zero-order valence-electron chi connectivity index (χ0n) is 19.0. The highest BCUT2D eigenvalue weighted by molar-refractivity contribution is 5.96. The van der Waals surface area contributed by atoms with Crippen molar-refractivity contribution in [3.8, 4) is 0 Å². The average Bonchev–Trinajstić information content (AvgIpc) is 2.79. The Bertz CT molecular complexity index is 1020. The fourth-order valence-electron chi connectivity index (χ4n) is 4.87. The number of fused-ring (bicyclic) bond motifs is 1. The largest absolute Gasteiger partial charge is 0.338 e. The quantitative estimate of drug-likeness (QED) is 0.737. The van der Waals surface area contributed by atoms with Gasteiger partial charge in [-0.2, -0.15) is 0 Å². The fraction of sp³-hybridized carbons (Fsp3) is 0.500. The second-order valence-corrected chi connectivity index (χ2v) is 8.91. The zero-order chi connectivity index (χ0) is 22.5. The summed E-state index contributed by atoms with van der Waals surface area (Å²) in [6, 6.07) is 9.82. The molecule has 0 aliphatic carbocycles. The maximum Gasteiger partial charge on any atom is 0.264 e. The van der Waals surface area contributed by atoms with E-state index in [-0.39, 0.29) is 17.4 Å². The molecule has 0 bridgehead atoms. The molecule has 4 rings (SSSR count). The molecule has 0 radical (unpaired) electrons. The number of likely N-dealkylation sites (tertiary alicyclic amines) is 1. The van der Waals surface area contributed by atoms with Crippen LogP contribution < -0.4 is 5.56 Å². The zero-order valence-corrected chi connectivity index (χ0v) is 19.0. The van der Waals surface area contributed by atoms with Crippen LogP contribution in [0.3, 0.4) is 0 Å². The average molecular weight is 436 g/mol. The second-order valence-electron chi connectivity index (χ2n) is 8.91. The molecule has 6 nitrogen and oxygen atoms in total. The van der Waals surface area contributed by atoms with Gasteiger partial charge in [0.15, 0.2) is 0 Å². The van der Waals surface area contributed by atoms with Gasteiger partial charge in [0.2, 0.25) is 5.91 Å². The van der Waals surface area contributed by atoms with Crippen molar-refractivity contribution in [1.82, 2.24) is 14.4 Å². The van der Waals surface area contributed by atoms with Gasteiger partial charge >= 0.3 is 0 Å². The molecule has 0 N–H and O–H groups in total. The van der Waals surface area contributed by atoms with Crippen LogP contribution in [0.2, 0.25) is 0 Å². The van der Waals surface area contributed by atoms with Crippen molar-refractivity contribution in [2.24, 2.45) is 0 Å². The Morgan fingerprint density at radius 1 is 0.906 bits per heavy atom. The molecule has 2 amide bonds. The first-order valence-electron chi connectivity index (χ1n) is 11.9.